The lowest BCUT2D eigenvalue weighted by atomic mass is 10.1. The van der Waals surface area contributed by atoms with E-state index in [2.05, 4.69) is 22.2 Å². The smallest absolute Gasteiger partial charge is 0.0947 e. The largest absolute Gasteiger partial charge is 0.340 e. The molecule has 0 aromatic carbocycles. The molecule has 18 heavy (non-hydrogen) atoms. The van der Waals surface area contributed by atoms with E-state index in [9.17, 15) is 0 Å². The van der Waals surface area contributed by atoms with Crippen LogP contribution < -0.4 is 5.32 Å². The summed E-state index contributed by atoms with van der Waals surface area (Å²) in [5, 5.41) is 4.10. The topological polar surface area (TPSA) is 42.7 Å². The lowest BCUT2D eigenvalue weighted by Gasteiger charge is -2.15. The highest BCUT2D eigenvalue weighted by Crippen LogP contribution is 2.19. The Hall–Kier alpha value is -1.39. The first-order valence-electron chi connectivity index (χ1n) is 6.03. The molecule has 2 aromatic rings. The van der Waals surface area contributed by atoms with Crippen molar-refractivity contribution in [3.05, 3.63) is 47.3 Å². The first-order valence-corrected chi connectivity index (χ1v) is 6.41. The average molecular weight is 265 g/mol. The molecule has 0 radical (unpaired) electrons. The molecule has 0 amide bonds. The fourth-order valence-electron chi connectivity index (χ4n) is 1.79. The van der Waals surface area contributed by atoms with Crippen LogP contribution >= 0.6 is 11.6 Å². The number of aromatic nitrogens is 3. The van der Waals surface area contributed by atoms with Crippen LogP contribution in [0.25, 0.3) is 0 Å². The zero-order valence-electron chi connectivity index (χ0n) is 10.6. The van der Waals surface area contributed by atoms with Gasteiger partial charge in [-0.3, -0.25) is 4.98 Å². The molecule has 2 heterocycles. The summed E-state index contributed by atoms with van der Waals surface area (Å²) >= 11 is 5.87. The van der Waals surface area contributed by atoms with Gasteiger partial charge in [0.05, 0.1) is 28.8 Å². The average Bonchev–Trinajstić information content (AvgIpc) is 2.78. The van der Waals surface area contributed by atoms with E-state index in [1.54, 1.807) is 12.5 Å². The maximum absolute atomic E-state index is 5.87. The summed E-state index contributed by atoms with van der Waals surface area (Å²) < 4.78 is 1.94. The van der Waals surface area contributed by atoms with Gasteiger partial charge in [0.25, 0.3) is 0 Å². The molecule has 1 atom stereocenters. The van der Waals surface area contributed by atoms with E-state index in [-0.39, 0.29) is 6.04 Å². The number of hydrogen-bond acceptors (Lipinski definition) is 3. The summed E-state index contributed by atoms with van der Waals surface area (Å²) in [6.45, 7) is 3.06. The summed E-state index contributed by atoms with van der Waals surface area (Å²) in [5.74, 6) is 0. The molecule has 0 fully saturated rings. The highest BCUT2D eigenvalue weighted by Gasteiger charge is 2.16. The Kier molecular flexibility index (Phi) is 4.33. The first-order chi connectivity index (χ1) is 8.70. The molecule has 96 valence electrons. The van der Waals surface area contributed by atoms with Gasteiger partial charge in [-0.2, -0.15) is 0 Å². The Morgan fingerprint density at radius 1 is 1.33 bits per heavy atom. The highest BCUT2D eigenvalue weighted by molar-refractivity contribution is 6.30. The number of pyridine rings is 1. The van der Waals surface area contributed by atoms with Gasteiger partial charge in [0.1, 0.15) is 0 Å². The van der Waals surface area contributed by atoms with Gasteiger partial charge in [0.2, 0.25) is 0 Å². The second-order valence-corrected chi connectivity index (χ2v) is 4.69. The molecule has 0 aliphatic heterocycles. The summed E-state index contributed by atoms with van der Waals surface area (Å²) in [6.07, 6.45) is 6.53. The molecule has 0 aliphatic carbocycles. The predicted octanol–water partition coefficient (Wildman–Crippen LogP) is 2.56. The zero-order valence-corrected chi connectivity index (χ0v) is 11.4. The number of halogens is 1. The second-order valence-electron chi connectivity index (χ2n) is 4.25. The highest BCUT2D eigenvalue weighted by atomic mass is 35.5. The van der Waals surface area contributed by atoms with Crippen molar-refractivity contribution in [3.8, 4) is 0 Å². The summed E-state index contributed by atoms with van der Waals surface area (Å²) in [6, 6.07) is 3.81. The maximum Gasteiger partial charge on any atom is 0.0947 e. The Morgan fingerprint density at radius 3 is 2.72 bits per heavy atom. The van der Waals surface area contributed by atoms with Crippen LogP contribution in [0.3, 0.4) is 0 Å². The molecule has 5 heteroatoms. The van der Waals surface area contributed by atoms with Gasteiger partial charge >= 0.3 is 0 Å². The Morgan fingerprint density at radius 2 is 2.17 bits per heavy atom. The molecule has 0 saturated carbocycles. The number of nitrogens with zero attached hydrogens (tertiary/aromatic N) is 3. The van der Waals surface area contributed by atoms with Gasteiger partial charge in [0, 0.05) is 19.4 Å². The van der Waals surface area contributed by atoms with Crippen molar-refractivity contribution in [1.82, 2.24) is 19.9 Å². The van der Waals surface area contributed by atoms with Crippen molar-refractivity contribution >= 4 is 11.6 Å². The van der Waals surface area contributed by atoms with Crippen LogP contribution in [-0.2, 0) is 7.05 Å². The van der Waals surface area contributed by atoms with E-state index in [1.165, 1.54) is 0 Å². The van der Waals surface area contributed by atoms with Crippen LogP contribution in [0.4, 0.5) is 0 Å². The van der Waals surface area contributed by atoms with E-state index in [0.717, 1.165) is 24.4 Å². The SMILES string of the molecule is CCCNC(c1ccc(Cl)cn1)c1cn(C)cn1. The lowest BCUT2D eigenvalue weighted by molar-refractivity contribution is 0.576. The molecule has 2 rings (SSSR count). The third kappa shape index (κ3) is 3.09. The van der Waals surface area contributed by atoms with Gasteiger partial charge in [-0.25, -0.2) is 4.98 Å². The van der Waals surface area contributed by atoms with Crippen LogP contribution in [0.5, 0.6) is 0 Å². The minimum absolute atomic E-state index is 0.0171. The van der Waals surface area contributed by atoms with Crippen LogP contribution in [-0.4, -0.2) is 21.1 Å². The maximum atomic E-state index is 5.87. The molecule has 4 nitrogen and oxygen atoms in total. The standard InChI is InChI=1S/C13H17ClN4/c1-3-6-15-13(12-8-18(2)9-17-12)11-5-4-10(14)7-16-11/h4-5,7-9,13,15H,3,6H2,1-2H3. The summed E-state index contributed by atoms with van der Waals surface area (Å²) in [5.41, 5.74) is 1.91. The molecule has 0 aliphatic rings. The number of hydrogen-bond donors (Lipinski definition) is 1. The van der Waals surface area contributed by atoms with Gasteiger partial charge < -0.3 is 9.88 Å². The number of nitrogens with one attached hydrogen (secondary N) is 1. The molecule has 1 unspecified atom stereocenters. The monoisotopic (exact) mass is 264 g/mol. The molecule has 0 bridgehead atoms. The summed E-state index contributed by atoms with van der Waals surface area (Å²) in [4.78, 5) is 8.77. The fourth-order valence-corrected chi connectivity index (χ4v) is 1.90. The molecule has 0 spiro atoms. The summed E-state index contributed by atoms with van der Waals surface area (Å²) in [7, 11) is 1.96. The van der Waals surface area contributed by atoms with Gasteiger partial charge in [-0.15, -0.1) is 0 Å². The molecule has 2 aromatic heterocycles. The zero-order chi connectivity index (χ0) is 13.0. The van der Waals surface area contributed by atoms with Crippen molar-refractivity contribution in [1.29, 1.82) is 0 Å². The minimum Gasteiger partial charge on any atom is -0.340 e. The van der Waals surface area contributed by atoms with E-state index in [0.29, 0.717) is 5.02 Å². The number of aryl methyl sites for hydroxylation is 1. The Balaban J connectivity index is 2.27. The van der Waals surface area contributed by atoms with Crippen molar-refractivity contribution in [2.24, 2.45) is 7.05 Å². The van der Waals surface area contributed by atoms with Crippen molar-refractivity contribution in [3.63, 3.8) is 0 Å². The molecule has 0 saturated heterocycles. The van der Waals surface area contributed by atoms with E-state index in [4.69, 9.17) is 11.6 Å². The lowest BCUT2D eigenvalue weighted by Crippen LogP contribution is -2.24. The predicted molar refractivity (Wildman–Crippen MR) is 72.6 cm³/mol. The van der Waals surface area contributed by atoms with Gasteiger partial charge in [-0.1, -0.05) is 18.5 Å². The fraction of sp³-hybridized carbons (Fsp3) is 0.385. The van der Waals surface area contributed by atoms with Crippen molar-refractivity contribution < 1.29 is 0 Å². The van der Waals surface area contributed by atoms with Crippen LogP contribution in [0.2, 0.25) is 5.02 Å². The molecular formula is C13H17ClN4. The van der Waals surface area contributed by atoms with Crippen molar-refractivity contribution in [2.75, 3.05) is 6.54 Å². The van der Waals surface area contributed by atoms with E-state index < -0.39 is 0 Å². The van der Waals surface area contributed by atoms with Crippen LogP contribution in [0, 0.1) is 0 Å². The van der Waals surface area contributed by atoms with Gasteiger partial charge in [0.15, 0.2) is 0 Å². The second kappa shape index (κ2) is 5.98. The van der Waals surface area contributed by atoms with E-state index in [1.807, 2.05) is 29.9 Å². The third-order valence-electron chi connectivity index (χ3n) is 2.67. The number of rotatable bonds is 5. The normalized spacial score (nSPS) is 12.6. The third-order valence-corrected chi connectivity index (χ3v) is 2.89. The van der Waals surface area contributed by atoms with Gasteiger partial charge in [-0.05, 0) is 25.1 Å². The first kappa shape index (κ1) is 13.1. The quantitative estimate of drug-likeness (QED) is 0.903. The minimum atomic E-state index is 0.0171. The molecule has 1 N–H and O–H groups in total. The molecular weight excluding hydrogens is 248 g/mol. The number of imidazole rings is 1. The Bertz CT molecular complexity index is 492. The van der Waals surface area contributed by atoms with Crippen molar-refractivity contribution in [2.45, 2.75) is 19.4 Å². The van der Waals surface area contributed by atoms with Crippen LogP contribution in [0.15, 0.2) is 30.9 Å². The Labute approximate surface area is 112 Å². The van der Waals surface area contributed by atoms with E-state index >= 15 is 0 Å². The van der Waals surface area contributed by atoms with Crippen LogP contribution in [0.1, 0.15) is 30.8 Å².